The van der Waals surface area contributed by atoms with Gasteiger partial charge < -0.3 is 10.2 Å². The Kier molecular flexibility index (Phi) is 5.73. The molecule has 1 aromatic rings. The number of anilines is 1. The summed E-state index contributed by atoms with van der Waals surface area (Å²) in [7, 11) is 0. The van der Waals surface area contributed by atoms with Crippen molar-refractivity contribution in [3.05, 3.63) is 28.2 Å². The van der Waals surface area contributed by atoms with Crippen molar-refractivity contribution in [1.82, 2.24) is 5.32 Å². The highest BCUT2D eigenvalue weighted by atomic mass is 79.9. The van der Waals surface area contributed by atoms with Gasteiger partial charge in [-0.3, -0.25) is 0 Å². The maximum Gasteiger partial charge on any atom is 0.0425 e. The van der Waals surface area contributed by atoms with Crippen LogP contribution < -0.4 is 10.2 Å². The van der Waals surface area contributed by atoms with Gasteiger partial charge in [0.25, 0.3) is 0 Å². The summed E-state index contributed by atoms with van der Waals surface area (Å²) in [6.45, 7) is 12.7. The molecule has 1 aromatic carbocycles. The van der Waals surface area contributed by atoms with Gasteiger partial charge in [0, 0.05) is 29.3 Å². The lowest BCUT2D eigenvalue weighted by molar-refractivity contribution is 0.279. The number of rotatable bonds is 5. The third-order valence-corrected chi connectivity index (χ3v) is 5.11. The van der Waals surface area contributed by atoms with Gasteiger partial charge in [-0.15, -0.1) is 0 Å². The first-order valence-corrected chi connectivity index (χ1v) is 9.00. The standard InChI is InChI=1S/C18H29BrN2/c1-5-10-20-14(2)16-7-6-15(19)13-17(16)21-11-8-18(3,4)9-12-21/h6-7,13-14,20H,5,8-12H2,1-4H3. The van der Waals surface area contributed by atoms with Crippen LogP contribution in [0, 0.1) is 5.41 Å². The Morgan fingerprint density at radius 3 is 2.57 bits per heavy atom. The van der Waals surface area contributed by atoms with Gasteiger partial charge in [-0.25, -0.2) is 0 Å². The van der Waals surface area contributed by atoms with Crippen molar-refractivity contribution < 1.29 is 0 Å². The van der Waals surface area contributed by atoms with Crippen molar-refractivity contribution >= 4 is 21.6 Å². The molecule has 2 nitrogen and oxygen atoms in total. The molecule has 0 radical (unpaired) electrons. The van der Waals surface area contributed by atoms with Crippen LogP contribution in [-0.2, 0) is 0 Å². The minimum absolute atomic E-state index is 0.406. The second kappa shape index (κ2) is 7.15. The fourth-order valence-electron chi connectivity index (χ4n) is 2.98. The Balaban J connectivity index is 2.19. The van der Waals surface area contributed by atoms with E-state index in [9.17, 15) is 0 Å². The summed E-state index contributed by atoms with van der Waals surface area (Å²) in [5, 5.41) is 3.62. The monoisotopic (exact) mass is 352 g/mol. The lowest BCUT2D eigenvalue weighted by Gasteiger charge is -2.39. The van der Waals surface area contributed by atoms with E-state index < -0.39 is 0 Å². The van der Waals surface area contributed by atoms with Gasteiger partial charge in [-0.1, -0.05) is 42.8 Å². The summed E-state index contributed by atoms with van der Waals surface area (Å²) in [4.78, 5) is 2.56. The van der Waals surface area contributed by atoms with Crippen LogP contribution in [0.1, 0.15) is 58.6 Å². The second-order valence-electron chi connectivity index (χ2n) is 7.03. The van der Waals surface area contributed by atoms with Crippen LogP contribution in [-0.4, -0.2) is 19.6 Å². The van der Waals surface area contributed by atoms with E-state index in [1.165, 1.54) is 35.0 Å². The molecule has 3 heteroatoms. The lowest BCUT2D eigenvalue weighted by atomic mass is 9.82. The molecule has 0 bridgehead atoms. The lowest BCUT2D eigenvalue weighted by Crippen LogP contribution is -2.38. The normalized spacial score (nSPS) is 19.6. The Morgan fingerprint density at radius 1 is 1.29 bits per heavy atom. The van der Waals surface area contributed by atoms with Crippen molar-refractivity contribution in [2.45, 2.75) is 53.0 Å². The number of halogens is 1. The molecule has 1 unspecified atom stereocenters. The Hall–Kier alpha value is -0.540. The molecule has 1 aliphatic rings. The summed E-state index contributed by atoms with van der Waals surface area (Å²) in [6, 6.07) is 7.13. The van der Waals surface area contributed by atoms with Crippen molar-refractivity contribution in [3.8, 4) is 0 Å². The zero-order valence-corrected chi connectivity index (χ0v) is 15.5. The molecule has 1 fully saturated rings. The predicted octanol–water partition coefficient (Wildman–Crippen LogP) is 5.14. The van der Waals surface area contributed by atoms with Crippen LogP contribution in [0.2, 0.25) is 0 Å². The number of nitrogens with one attached hydrogen (secondary N) is 1. The molecule has 2 rings (SSSR count). The number of benzene rings is 1. The van der Waals surface area contributed by atoms with Gasteiger partial charge in [-0.05, 0) is 55.8 Å². The fourth-order valence-corrected chi connectivity index (χ4v) is 3.33. The summed E-state index contributed by atoms with van der Waals surface area (Å²) in [5.74, 6) is 0. The van der Waals surface area contributed by atoms with Crippen LogP contribution in [0.4, 0.5) is 5.69 Å². The SMILES string of the molecule is CCCNC(C)c1ccc(Br)cc1N1CCC(C)(C)CC1. The first-order chi connectivity index (χ1) is 9.93. The molecule has 0 amide bonds. The number of piperidine rings is 1. The average Bonchev–Trinajstić information content (AvgIpc) is 2.44. The minimum atomic E-state index is 0.406. The fraction of sp³-hybridized carbons (Fsp3) is 0.667. The van der Waals surface area contributed by atoms with E-state index in [1.807, 2.05) is 0 Å². The highest BCUT2D eigenvalue weighted by Gasteiger charge is 2.27. The first-order valence-electron chi connectivity index (χ1n) is 8.21. The molecule has 1 aliphatic heterocycles. The van der Waals surface area contributed by atoms with Crippen molar-refractivity contribution in [2.75, 3.05) is 24.5 Å². The molecule has 0 saturated carbocycles. The quantitative estimate of drug-likeness (QED) is 0.789. The summed E-state index contributed by atoms with van der Waals surface area (Å²) in [6.07, 6.45) is 3.72. The maximum atomic E-state index is 3.64. The summed E-state index contributed by atoms with van der Waals surface area (Å²) < 4.78 is 1.17. The van der Waals surface area contributed by atoms with Gasteiger partial charge in [0.15, 0.2) is 0 Å². The smallest absolute Gasteiger partial charge is 0.0425 e. The van der Waals surface area contributed by atoms with Gasteiger partial charge >= 0.3 is 0 Å². The average molecular weight is 353 g/mol. The van der Waals surface area contributed by atoms with E-state index in [2.05, 4.69) is 72.0 Å². The molecule has 1 heterocycles. The molecular formula is C18H29BrN2. The van der Waals surface area contributed by atoms with Gasteiger partial charge in [0.1, 0.15) is 0 Å². The third-order valence-electron chi connectivity index (χ3n) is 4.62. The maximum absolute atomic E-state index is 3.64. The van der Waals surface area contributed by atoms with Crippen molar-refractivity contribution in [1.29, 1.82) is 0 Å². The van der Waals surface area contributed by atoms with E-state index in [4.69, 9.17) is 0 Å². The van der Waals surface area contributed by atoms with E-state index in [-0.39, 0.29) is 0 Å². The van der Waals surface area contributed by atoms with Crippen LogP contribution >= 0.6 is 15.9 Å². The second-order valence-corrected chi connectivity index (χ2v) is 7.95. The van der Waals surface area contributed by atoms with Crippen LogP contribution in [0.15, 0.2) is 22.7 Å². The molecule has 1 saturated heterocycles. The van der Waals surface area contributed by atoms with Crippen molar-refractivity contribution in [2.24, 2.45) is 5.41 Å². The van der Waals surface area contributed by atoms with E-state index in [0.717, 1.165) is 19.6 Å². The third kappa shape index (κ3) is 4.46. The molecule has 1 N–H and O–H groups in total. The topological polar surface area (TPSA) is 15.3 Å². The van der Waals surface area contributed by atoms with E-state index in [1.54, 1.807) is 0 Å². The molecule has 118 valence electrons. The molecular weight excluding hydrogens is 324 g/mol. The van der Waals surface area contributed by atoms with Crippen molar-refractivity contribution in [3.63, 3.8) is 0 Å². The molecule has 21 heavy (non-hydrogen) atoms. The van der Waals surface area contributed by atoms with Crippen LogP contribution in [0.25, 0.3) is 0 Å². The van der Waals surface area contributed by atoms with E-state index in [0.29, 0.717) is 11.5 Å². The summed E-state index contributed by atoms with van der Waals surface area (Å²) in [5.41, 5.74) is 3.32. The molecule has 1 atom stereocenters. The first kappa shape index (κ1) is 16.8. The van der Waals surface area contributed by atoms with Gasteiger partial charge in [-0.2, -0.15) is 0 Å². The zero-order valence-electron chi connectivity index (χ0n) is 13.9. The number of hydrogen-bond acceptors (Lipinski definition) is 2. The molecule has 0 spiro atoms. The number of nitrogens with zero attached hydrogens (tertiary/aromatic N) is 1. The van der Waals surface area contributed by atoms with Gasteiger partial charge in [0.05, 0.1) is 0 Å². The van der Waals surface area contributed by atoms with Crippen LogP contribution in [0.5, 0.6) is 0 Å². The summed E-state index contributed by atoms with van der Waals surface area (Å²) >= 11 is 3.64. The molecule has 0 aliphatic carbocycles. The highest BCUT2D eigenvalue weighted by molar-refractivity contribution is 9.10. The largest absolute Gasteiger partial charge is 0.371 e. The Bertz CT molecular complexity index is 460. The van der Waals surface area contributed by atoms with Crippen LogP contribution in [0.3, 0.4) is 0 Å². The molecule has 0 aromatic heterocycles. The number of hydrogen-bond donors (Lipinski definition) is 1. The zero-order chi connectivity index (χ0) is 15.5. The Morgan fingerprint density at radius 2 is 1.95 bits per heavy atom. The highest BCUT2D eigenvalue weighted by Crippen LogP contribution is 2.36. The Labute approximate surface area is 138 Å². The minimum Gasteiger partial charge on any atom is -0.371 e. The predicted molar refractivity (Wildman–Crippen MR) is 96.1 cm³/mol. The van der Waals surface area contributed by atoms with E-state index >= 15 is 0 Å². The van der Waals surface area contributed by atoms with Gasteiger partial charge in [0.2, 0.25) is 0 Å².